The summed E-state index contributed by atoms with van der Waals surface area (Å²) >= 11 is 11.8. The first-order chi connectivity index (χ1) is 11.0. The Balaban J connectivity index is 1.94. The summed E-state index contributed by atoms with van der Waals surface area (Å²) in [6, 6.07) is 11.4. The molecule has 120 valence electrons. The van der Waals surface area contributed by atoms with E-state index in [2.05, 4.69) is 10.5 Å². The van der Waals surface area contributed by atoms with Gasteiger partial charge in [0, 0.05) is 10.6 Å². The number of aromatic hydroxyl groups is 1. The molecule has 7 heteroatoms. The summed E-state index contributed by atoms with van der Waals surface area (Å²) in [7, 11) is 0. The van der Waals surface area contributed by atoms with Crippen LogP contribution in [0.2, 0.25) is 10.0 Å². The number of para-hydroxylation sites is 1. The van der Waals surface area contributed by atoms with Crippen molar-refractivity contribution in [2.24, 2.45) is 5.10 Å². The number of carbonyl (C=O) groups is 1. The largest absolute Gasteiger partial charge is 0.507 e. The standard InChI is InChI=1S/C16H14Cl2N2O3/c1-10(23-15-7-6-12(17)8-13(15)18)16(22)20-19-9-11-4-2-3-5-14(11)21/h2-10,21H,1H3,(H,20,22)/b19-9-/t10-/m0/s1. The van der Waals surface area contributed by atoms with Gasteiger partial charge in [0.2, 0.25) is 0 Å². The van der Waals surface area contributed by atoms with Crippen molar-refractivity contribution in [1.29, 1.82) is 0 Å². The summed E-state index contributed by atoms with van der Waals surface area (Å²) in [4.78, 5) is 11.9. The fourth-order valence-corrected chi connectivity index (χ4v) is 2.12. The Morgan fingerprint density at radius 1 is 1.30 bits per heavy atom. The van der Waals surface area contributed by atoms with Crippen molar-refractivity contribution in [3.8, 4) is 11.5 Å². The zero-order chi connectivity index (χ0) is 16.8. The van der Waals surface area contributed by atoms with Crippen LogP contribution in [0.25, 0.3) is 0 Å². The Labute approximate surface area is 143 Å². The number of phenols is 1. The zero-order valence-electron chi connectivity index (χ0n) is 12.2. The van der Waals surface area contributed by atoms with Gasteiger partial charge >= 0.3 is 0 Å². The first kappa shape index (κ1) is 17.1. The predicted octanol–water partition coefficient (Wildman–Crippen LogP) is 3.62. The Kier molecular flexibility index (Phi) is 5.84. The SMILES string of the molecule is C[C@H](Oc1ccc(Cl)cc1Cl)C(=O)N/N=C\c1ccccc1O. The number of amides is 1. The van der Waals surface area contributed by atoms with E-state index >= 15 is 0 Å². The van der Waals surface area contributed by atoms with Crippen LogP contribution in [0.4, 0.5) is 0 Å². The van der Waals surface area contributed by atoms with Crippen LogP contribution >= 0.6 is 23.2 Å². The molecule has 0 radical (unpaired) electrons. The van der Waals surface area contributed by atoms with Crippen molar-refractivity contribution in [3.05, 3.63) is 58.1 Å². The topological polar surface area (TPSA) is 70.9 Å². The summed E-state index contributed by atoms with van der Waals surface area (Å²) in [6.07, 6.45) is 0.532. The minimum absolute atomic E-state index is 0.0720. The number of nitrogens with zero attached hydrogens (tertiary/aromatic N) is 1. The van der Waals surface area contributed by atoms with Gasteiger partial charge in [0.15, 0.2) is 6.10 Å². The summed E-state index contributed by atoms with van der Waals surface area (Å²) in [6.45, 7) is 1.57. The smallest absolute Gasteiger partial charge is 0.280 e. The lowest BCUT2D eigenvalue weighted by molar-refractivity contribution is -0.127. The maximum Gasteiger partial charge on any atom is 0.280 e. The average Bonchev–Trinajstić information content (AvgIpc) is 2.51. The molecule has 0 fully saturated rings. The molecule has 1 amide bonds. The highest BCUT2D eigenvalue weighted by Gasteiger charge is 2.15. The minimum atomic E-state index is -0.810. The second-order valence-electron chi connectivity index (χ2n) is 4.63. The third kappa shape index (κ3) is 4.87. The van der Waals surface area contributed by atoms with Gasteiger partial charge in [-0.05, 0) is 37.3 Å². The van der Waals surface area contributed by atoms with Crippen molar-refractivity contribution in [1.82, 2.24) is 5.43 Å². The second kappa shape index (κ2) is 7.85. The molecular formula is C16H14Cl2N2O3. The quantitative estimate of drug-likeness (QED) is 0.637. The van der Waals surface area contributed by atoms with Gasteiger partial charge < -0.3 is 9.84 Å². The van der Waals surface area contributed by atoms with E-state index in [1.54, 1.807) is 37.3 Å². The van der Waals surface area contributed by atoms with Gasteiger partial charge in [0.05, 0.1) is 11.2 Å². The molecule has 2 N–H and O–H groups in total. The Hall–Kier alpha value is -2.24. The molecule has 0 saturated heterocycles. The van der Waals surface area contributed by atoms with Crippen LogP contribution in [0.3, 0.4) is 0 Å². The van der Waals surface area contributed by atoms with E-state index in [1.165, 1.54) is 18.3 Å². The lowest BCUT2D eigenvalue weighted by atomic mass is 10.2. The maximum atomic E-state index is 11.9. The number of ether oxygens (including phenoxy) is 1. The molecule has 0 spiro atoms. The van der Waals surface area contributed by atoms with Crippen LogP contribution in [-0.2, 0) is 4.79 Å². The fourth-order valence-electron chi connectivity index (χ4n) is 1.67. The third-order valence-corrected chi connectivity index (χ3v) is 3.41. The molecular weight excluding hydrogens is 339 g/mol. The first-order valence-electron chi connectivity index (χ1n) is 6.70. The summed E-state index contributed by atoms with van der Waals surface area (Å²) in [5, 5.41) is 14.2. The number of nitrogens with one attached hydrogen (secondary N) is 1. The van der Waals surface area contributed by atoms with Crippen LogP contribution in [0.1, 0.15) is 12.5 Å². The molecule has 2 rings (SSSR count). The van der Waals surface area contributed by atoms with Crippen LogP contribution in [0, 0.1) is 0 Å². The lowest BCUT2D eigenvalue weighted by Crippen LogP contribution is -2.33. The molecule has 0 bridgehead atoms. The number of hydrogen-bond donors (Lipinski definition) is 2. The molecule has 0 unspecified atom stereocenters. The molecule has 0 aliphatic carbocycles. The molecule has 2 aromatic carbocycles. The first-order valence-corrected chi connectivity index (χ1v) is 7.45. The highest BCUT2D eigenvalue weighted by Crippen LogP contribution is 2.28. The number of carbonyl (C=O) groups excluding carboxylic acids is 1. The molecule has 2 aromatic rings. The zero-order valence-corrected chi connectivity index (χ0v) is 13.7. The van der Waals surface area contributed by atoms with E-state index in [4.69, 9.17) is 27.9 Å². The van der Waals surface area contributed by atoms with Gasteiger partial charge in [-0.3, -0.25) is 4.79 Å². The van der Waals surface area contributed by atoms with Crippen molar-refractivity contribution in [2.75, 3.05) is 0 Å². The third-order valence-electron chi connectivity index (χ3n) is 2.88. The number of benzene rings is 2. The van der Waals surface area contributed by atoms with E-state index in [0.29, 0.717) is 21.4 Å². The number of phenolic OH excluding ortho intramolecular Hbond substituents is 1. The molecule has 23 heavy (non-hydrogen) atoms. The van der Waals surface area contributed by atoms with E-state index in [1.807, 2.05) is 0 Å². The average molecular weight is 353 g/mol. The van der Waals surface area contributed by atoms with Crippen LogP contribution in [0.15, 0.2) is 47.6 Å². The van der Waals surface area contributed by atoms with Gasteiger partial charge in [-0.15, -0.1) is 0 Å². The second-order valence-corrected chi connectivity index (χ2v) is 5.47. The van der Waals surface area contributed by atoms with Gasteiger partial charge in [0.1, 0.15) is 11.5 Å². The highest BCUT2D eigenvalue weighted by atomic mass is 35.5. The van der Waals surface area contributed by atoms with E-state index in [0.717, 1.165) is 0 Å². The molecule has 0 aliphatic rings. The predicted molar refractivity (Wildman–Crippen MR) is 90.4 cm³/mol. The normalized spacial score (nSPS) is 12.1. The van der Waals surface area contributed by atoms with Gasteiger partial charge in [-0.1, -0.05) is 35.3 Å². The van der Waals surface area contributed by atoms with Crippen LogP contribution in [0.5, 0.6) is 11.5 Å². The number of rotatable bonds is 5. The van der Waals surface area contributed by atoms with Gasteiger partial charge in [-0.25, -0.2) is 5.43 Å². The molecule has 0 aliphatic heterocycles. The lowest BCUT2D eigenvalue weighted by Gasteiger charge is -2.14. The van der Waals surface area contributed by atoms with E-state index in [-0.39, 0.29) is 5.75 Å². The van der Waals surface area contributed by atoms with E-state index in [9.17, 15) is 9.90 Å². The molecule has 0 aromatic heterocycles. The molecule has 0 heterocycles. The maximum absolute atomic E-state index is 11.9. The van der Waals surface area contributed by atoms with Gasteiger partial charge in [-0.2, -0.15) is 5.10 Å². The van der Waals surface area contributed by atoms with Crippen molar-refractivity contribution < 1.29 is 14.6 Å². The van der Waals surface area contributed by atoms with Crippen LogP contribution in [-0.4, -0.2) is 23.3 Å². The van der Waals surface area contributed by atoms with Crippen molar-refractivity contribution in [3.63, 3.8) is 0 Å². The number of halogens is 2. The van der Waals surface area contributed by atoms with Crippen LogP contribution < -0.4 is 10.2 Å². The summed E-state index contributed by atoms with van der Waals surface area (Å²) in [5.74, 6) is -0.0335. The van der Waals surface area contributed by atoms with Crippen molar-refractivity contribution in [2.45, 2.75) is 13.0 Å². The Morgan fingerprint density at radius 2 is 2.04 bits per heavy atom. The highest BCUT2D eigenvalue weighted by molar-refractivity contribution is 6.35. The van der Waals surface area contributed by atoms with Crippen molar-refractivity contribution >= 4 is 35.3 Å². The number of hydrogen-bond acceptors (Lipinski definition) is 4. The number of hydrazone groups is 1. The molecule has 0 saturated carbocycles. The Morgan fingerprint density at radius 3 is 2.74 bits per heavy atom. The minimum Gasteiger partial charge on any atom is -0.507 e. The summed E-state index contributed by atoms with van der Waals surface area (Å²) in [5.41, 5.74) is 2.82. The summed E-state index contributed by atoms with van der Waals surface area (Å²) < 4.78 is 5.46. The Bertz CT molecular complexity index is 735. The van der Waals surface area contributed by atoms with Gasteiger partial charge in [0.25, 0.3) is 5.91 Å². The molecule has 1 atom stereocenters. The van der Waals surface area contributed by atoms with E-state index < -0.39 is 12.0 Å². The fraction of sp³-hybridized carbons (Fsp3) is 0.125. The monoisotopic (exact) mass is 352 g/mol. The molecule has 5 nitrogen and oxygen atoms in total.